The monoisotopic (exact) mass is 233 g/mol. The molecule has 0 saturated heterocycles. The molecule has 0 N–H and O–H groups in total. The second-order valence-electron chi connectivity index (χ2n) is 3.71. The molecule has 0 aromatic heterocycles. The Balaban J connectivity index is 2.81. The van der Waals surface area contributed by atoms with Crippen molar-refractivity contribution >= 4 is 11.8 Å². The molecule has 1 aromatic carbocycles. The molecule has 0 aliphatic rings. The summed E-state index contributed by atoms with van der Waals surface area (Å²) in [6.45, 7) is 0. The average Bonchev–Trinajstić information content (AvgIpc) is 2.35. The minimum atomic E-state index is -0.409. The van der Waals surface area contributed by atoms with E-state index in [4.69, 9.17) is 0 Å². The van der Waals surface area contributed by atoms with Crippen LogP contribution in [0.5, 0.6) is 0 Å². The summed E-state index contributed by atoms with van der Waals surface area (Å²) in [6, 6.07) is 6.36. The lowest BCUT2D eigenvalue weighted by Crippen LogP contribution is -2.04. The largest absolute Gasteiger partial charge is 0.465 e. The molecule has 0 spiro atoms. The number of nitrogens with zero attached hydrogens (tertiary/aromatic N) is 1. The summed E-state index contributed by atoms with van der Waals surface area (Å²) in [5.74, 6) is -0.511. The molecule has 0 atom stereocenters. The Hall–Kier alpha value is -2.10. The maximum atomic E-state index is 11.7. The summed E-state index contributed by atoms with van der Waals surface area (Å²) in [5, 5.41) is 0. The summed E-state index contributed by atoms with van der Waals surface area (Å²) < 4.78 is 4.57. The first-order valence-corrected chi connectivity index (χ1v) is 5.12. The molecule has 4 nitrogen and oxygen atoms in total. The highest BCUT2D eigenvalue weighted by Crippen LogP contribution is 2.07. The summed E-state index contributed by atoms with van der Waals surface area (Å²) >= 11 is 0. The number of hydrogen-bond donors (Lipinski definition) is 0. The van der Waals surface area contributed by atoms with Gasteiger partial charge in [-0.05, 0) is 12.1 Å². The Morgan fingerprint density at radius 3 is 2.12 bits per heavy atom. The van der Waals surface area contributed by atoms with Crippen LogP contribution in [-0.2, 0) is 4.74 Å². The van der Waals surface area contributed by atoms with E-state index >= 15 is 0 Å². The van der Waals surface area contributed by atoms with Crippen LogP contribution in [0.2, 0.25) is 0 Å². The van der Waals surface area contributed by atoms with Gasteiger partial charge < -0.3 is 9.64 Å². The van der Waals surface area contributed by atoms with E-state index in [-0.39, 0.29) is 5.78 Å². The van der Waals surface area contributed by atoms with Gasteiger partial charge in [0.25, 0.3) is 0 Å². The van der Waals surface area contributed by atoms with E-state index in [1.807, 2.05) is 14.1 Å². The second-order valence-corrected chi connectivity index (χ2v) is 3.71. The van der Waals surface area contributed by atoms with Crippen molar-refractivity contribution in [1.82, 2.24) is 4.90 Å². The molecule has 0 bridgehead atoms. The van der Waals surface area contributed by atoms with Crippen LogP contribution in [0, 0.1) is 0 Å². The first kappa shape index (κ1) is 13.0. The normalized spacial score (nSPS) is 10.3. The fourth-order valence-electron chi connectivity index (χ4n) is 1.20. The van der Waals surface area contributed by atoms with Gasteiger partial charge in [0.15, 0.2) is 5.78 Å². The van der Waals surface area contributed by atoms with Crippen LogP contribution in [0.15, 0.2) is 36.5 Å². The number of esters is 1. The van der Waals surface area contributed by atoms with E-state index in [1.54, 1.807) is 35.4 Å². The first-order valence-electron chi connectivity index (χ1n) is 5.12. The van der Waals surface area contributed by atoms with E-state index in [2.05, 4.69) is 4.74 Å². The number of carbonyl (C=O) groups is 2. The van der Waals surface area contributed by atoms with Crippen LogP contribution >= 0.6 is 0 Å². The van der Waals surface area contributed by atoms with Crippen LogP contribution in [0.3, 0.4) is 0 Å². The summed E-state index contributed by atoms with van der Waals surface area (Å²) in [7, 11) is 5.00. The Morgan fingerprint density at radius 1 is 1.12 bits per heavy atom. The highest BCUT2D eigenvalue weighted by atomic mass is 16.5. The van der Waals surface area contributed by atoms with Gasteiger partial charge in [-0.1, -0.05) is 12.1 Å². The first-order chi connectivity index (χ1) is 8.04. The predicted octanol–water partition coefficient (Wildman–Crippen LogP) is 1.73. The molecule has 0 fully saturated rings. The van der Waals surface area contributed by atoms with Crippen molar-refractivity contribution in [2.24, 2.45) is 0 Å². The number of ketones is 1. The SMILES string of the molecule is COC(=O)c1ccc(C(=O)C=CN(C)C)cc1. The minimum Gasteiger partial charge on any atom is -0.465 e. The Labute approximate surface area is 100 Å². The van der Waals surface area contributed by atoms with Gasteiger partial charge in [-0.3, -0.25) is 4.79 Å². The second kappa shape index (κ2) is 5.84. The van der Waals surface area contributed by atoms with Gasteiger partial charge in [0.2, 0.25) is 0 Å². The van der Waals surface area contributed by atoms with Crippen LogP contribution in [0.4, 0.5) is 0 Å². The number of carbonyl (C=O) groups excluding carboxylic acids is 2. The van der Waals surface area contributed by atoms with Crippen molar-refractivity contribution < 1.29 is 14.3 Å². The van der Waals surface area contributed by atoms with Crippen LogP contribution in [0.25, 0.3) is 0 Å². The van der Waals surface area contributed by atoms with E-state index in [9.17, 15) is 9.59 Å². The molecule has 1 rings (SSSR count). The lowest BCUT2D eigenvalue weighted by molar-refractivity contribution is 0.0600. The van der Waals surface area contributed by atoms with Gasteiger partial charge in [0, 0.05) is 31.9 Å². The average molecular weight is 233 g/mol. The van der Waals surface area contributed by atoms with Gasteiger partial charge in [-0.15, -0.1) is 0 Å². The van der Waals surface area contributed by atoms with Crippen LogP contribution < -0.4 is 0 Å². The molecule has 0 unspecified atom stereocenters. The molecule has 0 amide bonds. The zero-order valence-corrected chi connectivity index (χ0v) is 10.1. The molecular formula is C13H15NO3. The van der Waals surface area contributed by atoms with Gasteiger partial charge >= 0.3 is 5.97 Å². The summed E-state index contributed by atoms with van der Waals surface area (Å²) in [6.07, 6.45) is 3.16. The fraction of sp³-hybridized carbons (Fsp3) is 0.231. The van der Waals surface area contributed by atoms with Gasteiger partial charge in [0.05, 0.1) is 12.7 Å². The van der Waals surface area contributed by atoms with Gasteiger partial charge in [-0.25, -0.2) is 4.79 Å². The number of ether oxygens (including phenoxy) is 1. The number of rotatable bonds is 4. The third kappa shape index (κ3) is 3.75. The Morgan fingerprint density at radius 2 is 1.65 bits per heavy atom. The Bertz CT molecular complexity index is 432. The molecule has 90 valence electrons. The summed E-state index contributed by atoms with van der Waals surface area (Å²) in [4.78, 5) is 24.6. The van der Waals surface area contributed by atoms with Gasteiger partial charge in [-0.2, -0.15) is 0 Å². The molecule has 0 radical (unpaired) electrons. The van der Waals surface area contributed by atoms with Gasteiger partial charge in [0.1, 0.15) is 0 Å². The zero-order valence-electron chi connectivity index (χ0n) is 10.1. The van der Waals surface area contributed by atoms with E-state index in [0.717, 1.165) is 0 Å². The highest BCUT2D eigenvalue weighted by molar-refractivity contribution is 6.05. The van der Waals surface area contributed by atoms with Crippen molar-refractivity contribution in [3.05, 3.63) is 47.7 Å². The topological polar surface area (TPSA) is 46.6 Å². The fourth-order valence-corrected chi connectivity index (χ4v) is 1.20. The van der Waals surface area contributed by atoms with Crippen molar-refractivity contribution in [1.29, 1.82) is 0 Å². The van der Waals surface area contributed by atoms with E-state index < -0.39 is 5.97 Å². The summed E-state index contributed by atoms with van der Waals surface area (Å²) in [5.41, 5.74) is 0.969. The number of benzene rings is 1. The smallest absolute Gasteiger partial charge is 0.337 e. The Kier molecular flexibility index (Phi) is 4.46. The lowest BCUT2D eigenvalue weighted by atomic mass is 10.1. The minimum absolute atomic E-state index is 0.102. The van der Waals surface area contributed by atoms with Crippen molar-refractivity contribution in [2.45, 2.75) is 0 Å². The third-order valence-electron chi connectivity index (χ3n) is 2.11. The number of allylic oxidation sites excluding steroid dienone is 1. The molecular weight excluding hydrogens is 218 g/mol. The molecule has 0 heterocycles. The third-order valence-corrected chi connectivity index (χ3v) is 2.11. The van der Waals surface area contributed by atoms with Crippen LogP contribution in [0.1, 0.15) is 20.7 Å². The molecule has 0 aliphatic heterocycles. The molecule has 1 aromatic rings. The maximum Gasteiger partial charge on any atom is 0.337 e. The van der Waals surface area contributed by atoms with Crippen molar-refractivity contribution in [2.75, 3.05) is 21.2 Å². The molecule has 4 heteroatoms. The standard InChI is InChI=1S/C13H15NO3/c1-14(2)9-8-12(15)10-4-6-11(7-5-10)13(16)17-3/h4-9H,1-3H3. The van der Waals surface area contributed by atoms with E-state index in [0.29, 0.717) is 11.1 Å². The zero-order chi connectivity index (χ0) is 12.8. The molecule has 0 saturated carbocycles. The van der Waals surface area contributed by atoms with E-state index in [1.165, 1.54) is 13.2 Å². The number of hydrogen-bond acceptors (Lipinski definition) is 4. The van der Waals surface area contributed by atoms with Crippen molar-refractivity contribution in [3.63, 3.8) is 0 Å². The molecule has 0 aliphatic carbocycles. The number of methoxy groups -OCH3 is 1. The predicted molar refractivity (Wildman–Crippen MR) is 64.9 cm³/mol. The lowest BCUT2D eigenvalue weighted by Gasteiger charge is -2.03. The highest BCUT2D eigenvalue weighted by Gasteiger charge is 2.06. The maximum absolute atomic E-state index is 11.7. The molecule has 17 heavy (non-hydrogen) atoms. The van der Waals surface area contributed by atoms with Crippen LogP contribution in [-0.4, -0.2) is 37.9 Å². The quantitative estimate of drug-likeness (QED) is 0.451. The van der Waals surface area contributed by atoms with Crippen molar-refractivity contribution in [3.8, 4) is 0 Å².